The molecule has 0 unspecified atom stereocenters. The highest BCUT2D eigenvalue weighted by Crippen LogP contribution is 2.36. The fourth-order valence-electron chi connectivity index (χ4n) is 4.81. The Morgan fingerprint density at radius 1 is 1.19 bits per heavy atom. The largest absolute Gasteiger partial charge is 0.357 e. The summed E-state index contributed by atoms with van der Waals surface area (Å²) in [4.78, 5) is 21.0. The molecule has 1 amide bonds. The van der Waals surface area contributed by atoms with Crippen molar-refractivity contribution in [2.75, 3.05) is 19.6 Å². The maximum Gasteiger partial charge on any atom is 0.227 e. The van der Waals surface area contributed by atoms with E-state index in [4.69, 9.17) is 0 Å². The van der Waals surface area contributed by atoms with Crippen molar-refractivity contribution < 1.29 is 9.18 Å². The van der Waals surface area contributed by atoms with Crippen LogP contribution in [-0.2, 0) is 11.3 Å². The number of aryl methyl sites for hydroxylation is 1. The first kappa shape index (κ1) is 16.3. The normalized spacial score (nSPS) is 26.7. The molecule has 2 bridgehead atoms. The number of hydrogen-bond donors (Lipinski definition) is 1. The molecule has 4 nitrogen and oxygen atoms in total. The third-order valence-corrected chi connectivity index (χ3v) is 6.53. The van der Waals surface area contributed by atoms with Crippen molar-refractivity contribution in [3.05, 3.63) is 35.3 Å². The van der Waals surface area contributed by atoms with Gasteiger partial charge in [-0.25, -0.2) is 4.39 Å². The molecule has 6 rings (SSSR count). The molecule has 138 valence electrons. The maximum absolute atomic E-state index is 13.6. The van der Waals surface area contributed by atoms with E-state index in [0.717, 1.165) is 67.1 Å². The van der Waals surface area contributed by atoms with Gasteiger partial charge >= 0.3 is 0 Å². The molecule has 26 heavy (non-hydrogen) atoms. The van der Waals surface area contributed by atoms with E-state index in [1.165, 1.54) is 18.9 Å². The number of halogens is 1. The van der Waals surface area contributed by atoms with Gasteiger partial charge in [0.1, 0.15) is 5.82 Å². The van der Waals surface area contributed by atoms with Crippen LogP contribution in [0.4, 0.5) is 4.39 Å². The van der Waals surface area contributed by atoms with E-state index < -0.39 is 0 Å². The molecule has 4 fully saturated rings. The monoisotopic (exact) mass is 355 g/mol. The molecular formula is C21H26FN3O. The highest BCUT2D eigenvalue weighted by atomic mass is 19.1. The van der Waals surface area contributed by atoms with E-state index in [2.05, 4.69) is 21.7 Å². The molecule has 1 aromatic heterocycles. The topological polar surface area (TPSA) is 39.3 Å². The Balaban J connectivity index is 1.38. The number of piperidine rings is 1. The molecule has 4 aliphatic rings. The summed E-state index contributed by atoms with van der Waals surface area (Å²) >= 11 is 0. The second-order valence-corrected chi connectivity index (χ2v) is 8.47. The standard InChI is InChI=1S/C21H26FN3O/c1-13-18-8-16(22)5-7-19(18)23-20(13)12-24-10-15-4-6-17(11-24)25(21(15)26)9-14-2-3-14/h5,7-8,14-15,17,23H,2-4,6,9-12H2,1H3/t15-,17+/m0/s1. The Hall–Kier alpha value is -1.88. The minimum atomic E-state index is -0.194. The maximum atomic E-state index is 13.6. The van der Waals surface area contributed by atoms with Crippen molar-refractivity contribution in [3.8, 4) is 0 Å². The molecule has 1 N–H and O–H groups in total. The number of rotatable bonds is 4. The number of benzene rings is 1. The number of nitrogens with zero attached hydrogens (tertiary/aromatic N) is 2. The SMILES string of the molecule is Cc1c(CN2C[C@@H]3CC[C@H](C2)N(CC2CC2)C3=O)[nH]c2ccc(F)cc12. The molecular weight excluding hydrogens is 329 g/mol. The van der Waals surface area contributed by atoms with E-state index in [0.29, 0.717) is 11.9 Å². The summed E-state index contributed by atoms with van der Waals surface area (Å²) in [5.41, 5.74) is 3.26. The highest BCUT2D eigenvalue weighted by molar-refractivity contribution is 5.84. The lowest BCUT2D eigenvalue weighted by Crippen LogP contribution is -2.48. The van der Waals surface area contributed by atoms with Gasteiger partial charge in [-0.3, -0.25) is 9.69 Å². The summed E-state index contributed by atoms with van der Waals surface area (Å²) in [6, 6.07) is 5.29. The first-order valence-corrected chi connectivity index (χ1v) is 9.88. The summed E-state index contributed by atoms with van der Waals surface area (Å²) in [6.45, 7) is 5.64. The average molecular weight is 355 g/mol. The highest BCUT2D eigenvalue weighted by Gasteiger charge is 2.42. The Labute approximate surface area is 153 Å². The van der Waals surface area contributed by atoms with Crippen LogP contribution in [0, 0.1) is 24.6 Å². The van der Waals surface area contributed by atoms with Crippen LogP contribution in [0.2, 0.25) is 0 Å². The molecule has 1 saturated carbocycles. The molecule has 0 spiro atoms. The van der Waals surface area contributed by atoms with Crippen molar-refractivity contribution in [2.24, 2.45) is 11.8 Å². The number of amides is 1. The molecule has 0 radical (unpaired) electrons. The van der Waals surface area contributed by atoms with Gasteiger partial charge in [0.15, 0.2) is 0 Å². The van der Waals surface area contributed by atoms with Crippen LogP contribution in [0.3, 0.4) is 0 Å². The summed E-state index contributed by atoms with van der Waals surface area (Å²) in [5, 5.41) is 0.962. The Bertz CT molecular complexity index is 856. The molecule has 4 heterocycles. The van der Waals surface area contributed by atoms with Crippen LogP contribution in [-0.4, -0.2) is 46.4 Å². The van der Waals surface area contributed by atoms with E-state index in [-0.39, 0.29) is 11.7 Å². The van der Waals surface area contributed by atoms with Crippen LogP contribution in [0.5, 0.6) is 0 Å². The van der Waals surface area contributed by atoms with Gasteiger partial charge in [0, 0.05) is 48.8 Å². The minimum absolute atomic E-state index is 0.148. The first-order valence-electron chi connectivity index (χ1n) is 9.88. The van der Waals surface area contributed by atoms with Gasteiger partial charge in [0.25, 0.3) is 0 Å². The summed E-state index contributed by atoms with van der Waals surface area (Å²) in [7, 11) is 0. The van der Waals surface area contributed by atoms with Gasteiger partial charge in [-0.1, -0.05) is 0 Å². The van der Waals surface area contributed by atoms with E-state index in [1.807, 2.05) is 6.07 Å². The predicted molar refractivity (Wildman–Crippen MR) is 99.2 cm³/mol. The minimum Gasteiger partial charge on any atom is -0.357 e. The second-order valence-electron chi connectivity index (χ2n) is 8.47. The quantitative estimate of drug-likeness (QED) is 0.912. The van der Waals surface area contributed by atoms with Gasteiger partial charge in [-0.2, -0.15) is 0 Å². The third kappa shape index (κ3) is 2.82. The average Bonchev–Trinajstić information content (AvgIpc) is 3.42. The molecule has 3 saturated heterocycles. The lowest BCUT2D eigenvalue weighted by Gasteiger charge is -2.36. The molecule has 2 aromatic rings. The van der Waals surface area contributed by atoms with Crippen molar-refractivity contribution in [3.63, 3.8) is 0 Å². The van der Waals surface area contributed by atoms with Crippen LogP contribution >= 0.6 is 0 Å². The number of aromatic nitrogens is 1. The van der Waals surface area contributed by atoms with Gasteiger partial charge in [0.05, 0.1) is 5.92 Å². The molecule has 2 atom stereocenters. The van der Waals surface area contributed by atoms with E-state index in [9.17, 15) is 9.18 Å². The first-order chi connectivity index (χ1) is 12.6. The number of carbonyl (C=O) groups is 1. The number of H-pyrrole nitrogens is 1. The summed E-state index contributed by atoms with van der Waals surface area (Å²) in [5.74, 6) is 1.08. The van der Waals surface area contributed by atoms with Crippen molar-refractivity contribution in [1.29, 1.82) is 0 Å². The number of nitrogens with one attached hydrogen (secondary N) is 1. The predicted octanol–water partition coefficient (Wildman–Crippen LogP) is 3.45. The van der Waals surface area contributed by atoms with Gasteiger partial charge in [-0.15, -0.1) is 0 Å². The Kier molecular flexibility index (Phi) is 3.82. The zero-order chi connectivity index (χ0) is 17.8. The smallest absolute Gasteiger partial charge is 0.227 e. The number of hydrogen-bond acceptors (Lipinski definition) is 2. The molecule has 1 aromatic carbocycles. The van der Waals surface area contributed by atoms with E-state index >= 15 is 0 Å². The lowest BCUT2D eigenvalue weighted by atomic mass is 9.94. The number of aromatic amines is 1. The lowest BCUT2D eigenvalue weighted by molar-refractivity contribution is -0.140. The van der Waals surface area contributed by atoms with Crippen molar-refractivity contribution in [1.82, 2.24) is 14.8 Å². The van der Waals surface area contributed by atoms with Crippen LogP contribution in [0.1, 0.15) is 36.9 Å². The molecule has 3 aliphatic heterocycles. The Morgan fingerprint density at radius 3 is 2.85 bits per heavy atom. The number of fused-ring (bicyclic) bond motifs is 5. The van der Waals surface area contributed by atoms with Crippen LogP contribution in [0.15, 0.2) is 18.2 Å². The van der Waals surface area contributed by atoms with Gasteiger partial charge in [-0.05, 0) is 62.3 Å². The molecule has 1 aliphatic carbocycles. The van der Waals surface area contributed by atoms with Gasteiger partial charge < -0.3 is 9.88 Å². The van der Waals surface area contributed by atoms with Crippen LogP contribution in [0.25, 0.3) is 10.9 Å². The second kappa shape index (κ2) is 6.08. The fraction of sp³-hybridized carbons (Fsp3) is 0.571. The number of carbonyl (C=O) groups excluding carboxylic acids is 1. The zero-order valence-electron chi connectivity index (χ0n) is 15.3. The molecule has 5 heteroatoms. The fourth-order valence-corrected chi connectivity index (χ4v) is 4.81. The Morgan fingerprint density at radius 2 is 2.04 bits per heavy atom. The summed E-state index contributed by atoms with van der Waals surface area (Å²) < 4.78 is 13.6. The van der Waals surface area contributed by atoms with Crippen molar-refractivity contribution >= 4 is 16.8 Å². The van der Waals surface area contributed by atoms with Gasteiger partial charge in [0.2, 0.25) is 5.91 Å². The zero-order valence-corrected chi connectivity index (χ0v) is 15.3. The van der Waals surface area contributed by atoms with Crippen molar-refractivity contribution in [2.45, 2.75) is 45.2 Å². The van der Waals surface area contributed by atoms with E-state index in [1.54, 1.807) is 6.07 Å². The van der Waals surface area contributed by atoms with Crippen LogP contribution < -0.4 is 0 Å². The summed E-state index contributed by atoms with van der Waals surface area (Å²) in [6.07, 6.45) is 4.74. The third-order valence-electron chi connectivity index (χ3n) is 6.53.